The van der Waals surface area contributed by atoms with Crippen molar-refractivity contribution in [2.24, 2.45) is 17.6 Å². The van der Waals surface area contributed by atoms with Crippen LogP contribution in [-0.4, -0.2) is 272 Å². The zero-order chi connectivity index (χ0) is 91.5. The third kappa shape index (κ3) is 28.2. The molecule has 3 heterocycles. The molecule has 0 radical (unpaired) electrons. The number of aliphatic carboxylic acids is 1. The van der Waals surface area contributed by atoms with Gasteiger partial charge >= 0.3 is 5.97 Å². The van der Waals surface area contributed by atoms with Crippen LogP contribution in [0.1, 0.15) is 101 Å². The van der Waals surface area contributed by atoms with Crippen LogP contribution in [0, 0.1) is 11.8 Å². The van der Waals surface area contributed by atoms with Crippen LogP contribution in [0.2, 0.25) is 0 Å². The summed E-state index contributed by atoms with van der Waals surface area (Å²) >= 11 is 2.20. The molecule has 0 saturated carbocycles. The summed E-state index contributed by atoms with van der Waals surface area (Å²) in [6.07, 6.45) is 2.17. The van der Waals surface area contributed by atoms with Gasteiger partial charge in [-0.15, -0.1) is 11.8 Å². The van der Waals surface area contributed by atoms with Crippen LogP contribution >= 0.6 is 23.5 Å². The molecule has 35 nitrogen and oxygen atoms in total. The number of unbranched alkanes of at least 4 members (excludes halogenated alkanes) is 1. The Labute approximate surface area is 733 Å². The molecule has 11 atom stereocenters. The van der Waals surface area contributed by atoms with E-state index in [1.165, 1.54) is 92.2 Å². The zero-order valence-corrected chi connectivity index (χ0v) is 73.4. The number of H-pyrrole nitrogens is 1. The van der Waals surface area contributed by atoms with E-state index in [9.17, 15) is 53.7 Å². The number of thioether (sulfide) groups is 2. The monoisotopic (exact) mass is 1760 g/mol. The van der Waals surface area contributed by atoms with Gasteiger partial charge in [0, 0.05) is 89.2 Å². The number of rotatable bonds is 22. The number of carboxylic acids is 1. The summed E-state index contributed by atoms with van der Waals surface area (Å²) in [5.41, 5.74) is 8.50. The van der Waals surface area contributed by atoms with Crippen LogP contribution < -0.4 is 58.5 Å². The molecule has 15 amide bonds. The van der Waals surface area contributed by atoms with Gasteiger partial charge in [-0.3, -0.25) is 76.7 Å². The second-order valence-electron chi connectivity index (χ2n) is 32.0. The van der Waals surface area contributed by atoms with Gasteiger partial charge in [-0.2, -0.15) is 11.8 Å². The molecule has 2 aliphatic heterocycles. The van der Waals surface area contributed by atoms with Crippen molar-refractivity contribution in [3.63, 3.8) is 0 Å². The highest BCUT2D eigenvalue weighted by Gasteiger charge is 2.44. The van der Waals surface area contributed by atoms with Crippen molar-refractivity contribution in [1.82, 2.24) is 72.4 Å². The first-order valence-electron chi connectivity index (χ1n) is 41.3. The lowest BCUT2D eigenvalue weighted by Crippen LogP contribution is -2.62. The van der Waals surface area contributed by atoms with E-state index in [1.54, 1.807) is 125 Å². The van der Waals surface area contributed by atoms with E-state index in [0.29, 0.717) is 57.3 Å². The van der Waals surface area contributed by atoms with Gasteiger partial charge in [0.2, 0.25) is 88.6 Å². The topological polar surface area (TPSA) is 500 Å². The van der Waals surface area contributed by atoms with Crippen molar-refractivity contribution in [3.8, 4) is 11.5 Å². The number of nitrogens with two attached hydrogens (primary N) is 1. The number of anilines is 1. The molecule has 672 valence electrons. The number of likely N-dealkylation sites (N-methyl/N-ethyl adjacent to an activating group) is 4. The molecule has 8 rings (SSSR count). The SMILES string of the molecule is CCCC[C@H]1C(=O)N(C)CC(=O)N[C@@H](CC(=O)O)C(=O)N[C@@H](C(C)C)C(=O)N(C)[C@@H](Cc2ccccc2)C(=O)N[C@H]2Cc3ccc(O)cc3N(CC(=O)N[C@@H](Cc3c[nH]c4ccccc34)C(=O)NC(Cc3ccc(O)cc3)C(=O)N[C@@H](CC(C)C)C(=O)N[C@H](C(=O)NCC(N)=O)CSCC(=O)N[C@@H](CCSC)C(=O)N(C)[C@@H](Cc3ccccc3)C(=O)N1C)C2=O. The first-order chi connectivity index (χ1) is 59.4. The molecule has 5 aromatic carbocycles. The van der Waals surface area contributed by atoms with E-state index in [4.69, 9.17) is 5.73 Å². The van der Waals surface area contributed by atoms with Gasteiger partial charge in [0.1, 0.15) is 84.5 Å². The molecule has 1 unspecified atom stereocenters. The molecule has 1 saturated heterocycles. The maximum absolute atomic E-state index is 15.4. The maximum Gasteiger partial charge on any atom is 0.305 e. The number of primary amides is 1. The Morgan fingerprint density at radius 3 is 1.74 bits per heavy atom. The Kier molecular flexibility index (Phi) is 36.7. The number of nitrogens with zero attached hydrogens (tertiary/aromatic N) is 5. The minimum atomic E-state index is -1.89. The summed E-state index contributed by atoms with van der Waals surface area (Å²) < 4.78 is 0. The lowest BCUT2D eigenvalue weighted by Gasteiger charge is -2.37. The van der Waals surface area contributed by atoms with Crippen molar-refractivity contribution in [3.05, 3.63) is 161 Å². The number of aromatic hydroxyl groups is 2. The van der Waals surface area contributed by atoms with E-state index in [-0.39, 0.29) is 80.2 Å². The van der Waals surface area contributed by atoms with E-state index < -0.39 is 199 Å². The van der Waals surface area contributed by atoms with Gasteiger partial charge in [0.15, 0.2) is 0 Å². The number of aromatic nitrogens is 1. The molecular formula is C88H114N16O19S2. The van der Waals surface area contributed by atoms with Crippen LogP contribution in [-0.2, 0) is 109 Å². The fourth-order valence-electron chi connectivity index (χ4n) is 14.8. The first kappa shape index (κ1) is 97.9. The lowest BCUT2D eigenvalue weighted by atomic mass is 9.95. The van der Waals surface area contributed by atoms with Crippen molar-refractivity contribution >= 4 is 135 Å². The first-order valence-corrected chi connectivity index (χ1v) is 43.8. The molecule has 0 spiro atoms. The van der Waals surface area contributed by atoms with Crippen molar-refractivity contribution in [2.45, 2.75) is 172 Å². The highest BCUT2D eigenvalue weighted by molar-refractivity contribution is 8.00. The van der Waals surface area contributed by atoms with E-state index >= 15 is 38.4 Å². The van der Waals surface area contributed by atoms with Crippen molar-refractivity contribution in [1.29, 1.82) is 0 Å². The standard InChI is InChI=1S/C88H114N16O19S2/c1-11-12-27-68-86(121)100(6)46-73(108)94-65(43-76(111)112)82(117)99-77(51(4)5)88(123)102(8)70(38-52-21-15-13-16-22-52)83(118)97-66-40-55-30-33-58(106)42-69(55)104(85(66)120)47-74(109)93-64(41-56-44-90-60-26-20-19-25-59(56)60)81(116)96-63(37-54-28-31-57(105)32-29-54)80(115)95-62(36-50(2)3)79(114)98-67(78(113)91-45-72(89)107)48-125-49-75(110)92-61(34-35-124-10)84(119)103(9)71(87(122)101(68)7)39-53-23-17-14-18-24-53/h13-26,28-33,42,44,50-51,61-68,70-71,77,90,105-106H,11-12,27,34-41,43,45-49H2,1-10H3,(H2,89,107)(H,91,113)(H,92,110)(H,93,109)(H,94,108)(H,95,115)(H,96,116)(H,97,118)(H,98,114)(H,99,117)(H,111,112)/t61-,62-,63?,64-,65-,66-,67-,68-,70-,71-,77-/m0/s1. The molecule has 0 aliphatic carbocycles. The predicted molar refractivity (Wildman–Crippen MR) is 470 cm³/mol. The van der Waals surface area contributed by atoms with Crippen LogP contribution in [0.5, 0.6) is 11.5 Å². The second-order valence-corrected chi connectivity index (χ2v) is 34.0. The molecule has 125 heavy (non-hydrogen) atoms. The maximum atomic E-state index is 15.4. The van der Waals surface area contributed by atoms with Gasteiger partial charge in [0.05, 0.1) is 31.0 Å². The van der Waals surface area contributed by atoms with E-state index in [1.807, 2.05) is 6.92 Å². The van der Waals surface area contributed by atoms with Gasteiger partial charge in [-0.05, 0) is 95.2 Å². The highest BCUT2D eigenvalue weighted by atomic mass is 32.2. The molecule has 1 aromatic heterocycles. The van der Waals surface area contributed by atoms with Gasteiger partial charge in [-0.1, -0.05) is 145 Å². The number of amides is 15. The van der Waals surface area contributed by atoms with Crippen LogP contribution in [0.15, 0.2) is 134 Å². The average Bonchev–Trinajstić information content (AvgIpc) is 1.46. The molecule has 2 aliphatic rings. The number of phenolic OH excluding ortho intramolecular Hbond substituents is 2. The largest absolute Gasteiger partial charge is 0.508 e. The number of phenols is 2. The minimum absolute atomic E-state index is 0.0377. The quantitative estimate of drug-likeness (QED) is 0.0460. The predicted octanol–water partition coefficient (Wildman–Crippen LogP) is 1.73. The number of carbonyl (C=O) groups is 16. The van der Waals surface area contributed by atoms with Crippen LogP contribution in [0.3, 0.4) is 0 Å². The number of para-hydroxylation sites is 1. The summed E-state index contributed by atoms with van der Waals surface area (Å²) in [4.78, 5) is 242. The minimum Gasteiger partial charge on any atom is -0.508 e. The van der Waals surface area contributed by atoms with Gasteiger partial charge in [-0.25, -0.2) is 0 Å². The molecule has 37 heteroatoms. The summed E-state index contributed by atoms with van der Waals surface area (Å²) in [6, 6.07) is 17.3. The molecule has 6 aromatic rings. The van der Waals surface area contributed by atoms with Crippen molar-refractivity contribution < 1.29 is 92.0 Å². The number of fused-ring (bicyclic) bond motifs is 5. The van der Waals surface area contributed by atoms with Gasteiger partial charge < -0.3 is 98.4 Å². The van der Waals surface area contributed by atoms with Gasteiger partial charge in [0.25, 0.3) is 0 Å². The number of aromatic amines is 1. The van der Waals surface area contributed by atoms with Crippen LogP contribution in [0.4, 0.5) is 5.69 Å². The number of nitrogens with one attached hydrogen (secondary N) is 10. The second kappa shape index (κ2) is 46.8. The Morgan fingerprint density at radius 2 is 1.11 bits per heavy atom. The third-order valence-electron chi connectivity index (χ3n) is 21.6. The average molecular weight is 1760 g/mol. The fraction of sp³-hybridized carbons (Fsp3) is 0.455. The molecule has 2 bridgehead atoms. The summed E-state index contributed by atoms with van der Waals surface area (Å²) in [5.74, 6) is -17.1. The lowest BCUT2D eigenvalue weighted by molar-refractivity contribution is -0.151. The normalized spacial score (nSPS) is 22.5. The summed E-state index contributed by atoms with van der Waals surface area (Å²) in [5, 5.41) is 56.1. The number of hydrogen-bond donors (Lipinski definition) is 14. The Hall–Kier alpha value is -12.5. The molecule has 1 fully saturated rings. The third-order valence-corrected chi connectivity index (χ3v) is 23.3. The van der Waals surface area contributed by atoms with Crippen LogP contribution in [0.25, 0.3) is 10.9 Å². The number of carboxylic acid groups (broad SMARTS) is 1. The molecule has 15 N–H and O–H groups in total. The fourth-order valence-corrected chi connectivity index (χ4v) is 16.1. The zero-order valence-electron chi connectivity index (χ0n) is 71.7. The highest BCUT2D eigenvalue weighted by Crippen LogP contribution is 2.32. The number of benzene rings is 5. The smallest absolute Gasteiger partial charge is 0.305 e. The van der Waals surface area contributed by atoms with E-state index in [0.717, 1.165) is 26.5 Å². The Morgan fingerprint density at radius 1 is 0.552 bits per heavy atom. The Bertz CT molecular complexity index is 4850. The van der Waals surface area contributed by atoms with E-state index in [2.05, 4.69) is 52.8 Å². The molecular weight excluding hydrogens is 1650 g/mol. The number of hydrogen-bond acceptors (Lipinski definition) is 20. The summed E-state index contributed by atoms with van der Waals surface area (Å²) in [7, 11) is 5.30. The Balaban J connectivity index is 1.20. The number of carbonyl (C=O) groups excluding carboxylic acids is 15. The van der Waals surface area contributed by atoms with Crippen molar-refractivity contribution in [2.75, 3.05) is 76.2 Å². The summed E-state index contributed by atoms with van der Waals surface area (Å²) in [6.45, 7) is 6.12.